The Morgan fingerprint density at radius 1 is 1.29 bits per heavy atom. The highest BCUT2D eigenvalue weighted by atomic mass is 16.5. The molecule has 21 heavy (non-hydrogen) atoms. The van der Waals surface area contributed by atoms with E-state index >= 15 is 0 Å². The van der Waals surface area contributed by atoms with Crippen LogP contribution >= 0.6 is 0 Å². The van der Waals surface area contributed by atoms with Crippen molar-refractivity contribution in [3.05, 3.63) is 35.9 Å². The van der Waals surface area contributed by atoms with Crippen LogP contribution in [0.15, 0.2) is 30.3 Å². The van der Waals surface area contributed by atoms with E-state index in [0.29, 0.717) is 6.54 Å². The molecule has 1 aromatic carbocycles. The van der Waals surface area contributed by atoms with Gasteiger partial charge in [-0.05, 0) is 12.5 Å². The third-order valence-corrected chi connectivity index (χ3v) is 3.54. The fourth-order valence-electron chi connectivity index (χ4n) is 2.39. The Labute approximate surface area is 123 Å². The summed E-state index contributed by atoms with van der Waals surface area (Å²) in [7, 11) is 0. The molecule has 0 N–H and O–H groups in total. The van der Waals surface area contributed by atoms with E-state index in [1.165, 1.54) is 0 Å². The molecule has 0 aromatic heterocycles. The Hall–Kier alpha value is -2.17. The molecule has 5 nitrogen and oxygen atoms in total. The number of amides is 1. The highest BCUT2D eigenvalue weighted by Crippen LogP contribution is 2.16. The minimum absolute atomic E-state index is 0.0667. The zero-order chi connectivity index (χ0) is 15.2. The number of likely N-dealkylation sites (tertiary alicyclic amines) is 1. The molecule has 1 amide bonds. The van der Waals surface area contributed by atoms with E-state index in [0.717, 1.165) is 5.56 Å². The Morgan fingerprint density at radius 3 is 2.67 bits per heavy atom. The van der Waals surface area contributed by atoms with Crippen LogP contribution in [0.4, 0.5) is 0 Å². The van der Waals surface area contributed by atoms with Gasteiger partial charge in [0.2, 0.25) is 5.91 Å². The number of benzene rings is 1. The number of hydrogen-bond donors (Lipinski definition) is 0. The summed E-state index contributed by atoms with van der Waals surface area (Å²) in [6.07, 6.45) is 0.495. The molecule has 5 heteroatoms. The van der Waals surface area contributed by atoms with Crippen molar-refractivity contribution < 1.29 is 19.1 Å². The van der Waals surface area contributed by atoms with Crippen LogP contribution in [0, 0.1) is 5.92 Å². The molecular formula is C16H19NO4. The number of piperidine rings is 1. The van der Waals surface area contributed by atoms with E-state index in [1.54, 1.807) is 11.8 Å². The van der Waals surface area contributed by atoms with Crippen molar-refractivity contribution in [2.75, 3.05) is 19.7 Å². The lowest BCUT2D eigenvalue weighted by atomic mass is 9.96. The van der Waals surface area contributed by atoms with Crippen LogP contribution in [0.1, 0.15) is 18.9 Å². The summed E-state index contributed by atoms with van der Waals surface area (Å²) in [4.78, 5) is 37.4. The molecule has 112 valence electrons. The average Bonchev–Trinajstić information content (AvgIpc) is 2.48. The van der Waals surface area contributed by atoms with E-state index in [-0.39, 0.29) is 37.7 Å². The summed E-state index contributed by atoms with van der Waals surface area (Å²) in [6.45, 7) is 2.44. The van der Waals surface area contributed by atoms with Gasteiger partial charge in [-0.15, -0.1) is 0 Å². The van der Waals surface area contributed by atoms with Gasteiger partial charge in [0.1, 0.15) is 5.92 Å². The first-order valence-corrected chi connectivity index (χ1v) is 7.13. The number of hydrogen-bond acceptors (Lipinski definition) is 4. The summed E-state index contributed by atoms with van der Waals surface area (Å²) in [5.74, 6) is -1.57. The van der Waals surface area contributed by atoms with Gasteiger partial charge in [-0.25, -0.2) is 0 Å². The molecule has 0 radical (unpaired) electrons. The third kappa shape index (κ3) is 3.90. The van der Waals surface area contributed by atoms with Gasteiger partial charge in [-0.2, -0.15) is 0 Å². The Bertz CT molecular complexity index is 526. The number of nitrogens with zero attached hydrogens (tertiary/aromatic N) is 1. The molecule has 0 saturated carbocycles. The summed E-state index contributed by atoms with van der Waals surface area (Å²) in [5, 5.41) is 0. The standard InChI is InChI=1S/C16H19NO4/c1-2-21-16(20)13-11-17(9-8-14(13)18)15(19)10-12-6-4-3-5-7-12/h3-7,13H,2,8-11H2,1H3. The summed E-state index contributed by atoms with van der Waals surface area (Å²) in [6, 6.07) is 9.42. The van der Waals surface area contributed by atoms with Crippen LogP contribution in [0.3, 0.4) is 0 Å². The maximum atomic E-state index is 12.3. The van der Waals surface area contributed by atoms with Crippen molar-refractivity contribution in [1.82, 2.24) is 4.90 Å². The van der Waals surface area contributed by atoms with Crippen molar-refractivity contribution in [2.45, 2.75) is 19.8 Å². The van der Waals surface area contributed by atoms with E-state index in [1.807, 2.05) is 30.3 Å². The average molecular weight is 289 g/mol. The Kier molecular flexibility index (Phi) is 5.09. The van der Waals surface area contributed by atoms with E-state index in [4.69, 9.17) is 4.74 Å². The lowest BCUT2D eigenvalue weighted by molar-refractivity contribution is -0.155. The van der Waals surface area contributed by atoms with Gasteiger partial charge in [0.15, 0.2) is 5.78 Å². The summed E-state index contributed by atoms with van der Waals surface area (Å²) in [5.41, 5.74) is 0.923. The van der Waals surface area contributed by atoms with Gasteiger partial charge in [-0.3, -0.25) is 14.4 Å². The number of Topliss-reactive ketones (excluding diaryl/α,β-unsaturated/α-hetero) is 1. The number of esters is 1. The molecule has 1 heterocycles. The van der Waals surface area contributed by atoms with Crippen molar-refractivity contribution in [1.29, 1.82) is 0 Å². The second kappa shape index (κ2) is 7.02. The minimum atomic E-state index is -0.835. The van der Waals surface area contributed by atoms with Gasteiger partial charge in [0.25, 0.3) is 0 Å². The molecule has 2 rings (SSSR count). The van der Waals surface area contributed by atoms with Crippen LogP contribution in [0.2, 0.25) is 0 Å². The first kappa shape index (κ1) is 15.2. The van der Waals surface area contributed by atoms with Crippen LogP contribution < -0.4 is 0 Å². The maximum absolute atomic E-state index is 12.3. The largest absolute Gasteiger partial charge is 0.465 e. The SMILES string of the molecule is CCOC(=O)C1CN(C(=O)Cc2ccccc2)CCC1=O. The lowest BCUT2D eigenvalue weighted by Gasteiger charge is -2.30. The third-order valence-electron chi connectivity index (χ3n) is 3.54. The number of ketones is 1. The highest BCUT2D eigenvalue weighted by Gasteiger charge is 2.35. The molecule has 1 saturated heterocycles. The van der Waals surface area contributed by atoms with E-state index in [9.17, 15) is 14.4 Å². The molecule has 0 aliphatic carbocycles. The van der Waals surface area contributed by atoms with Gasteiger partial charge >= 0.3 is 5.97 Å². The lowest BCUT2D eigenvalue weighted by Crippen LogP contribution is -2.47. The number of carbonyl (C=O) groups excluding carboxylic acids is 3. The number of rotatable bonds is 4. The smallest absolute Gasteiger partial charge is 0.318 e. The van der Waals surface area contributed by atoms with E-state index < -0.39 is 11.9 Å². The molecular weight excluding hydrogens is 270 g/mol. The Morgan fingerprint density at radius 2 is 2.00 bits per heavy atom. The first-order chi connectivity index (χ1) is 10.1. The quantitative estimate of drug-likeness (QED) is 0.617. The fourth-order valence-corrected chi connectivity index (χ4v) is 2.39. The molecule has 0 bridgehead atoms. The van der Waals surface area contributed by atoms with Crippen LogP contribution in [-0.4, -0.2) is 42.3 Å². The van der Waals surface area contributed by atoms with Crippen LogP contribution in [-0.2, 0) is 25.5 Å². The van der Waals surface area contributed by atoms with Gasteiger partial charge in [0.05, 0.1) is 13.0 Å². The van der Waals surface area contributed by atoms with Gasteiger partial charge in [-0.1, -0.05) is 30.3 Å². The molecule has 1 fully saturated rings. The number of carbonyl (C=O) groups is 3. The molecule has 1 aromatic rings. The fraction of sp³-hybridized carbons (Fsp3) is 0.438. The topological polar surface area (TPSA) is 63.7 Å². The van der Waals surface area contributed by atoms with Crippen molar-refractivity contribution in [3.63, 3.8) is 0 Å². The molecule has 1 aliphatic heterocycles. The Balaban J connectivity index is 1.99. The maximum Gasteiger partial charge on any atom is 0.318 e. The molecule has 1 aliphatic rings. The summed E-state index contributed by atoms with van der Waals surface area (Å²) < 4.78 is 4.90. The predicted molar refractivity (Wildman–Crippen MR) is 76.5 cm³/mol. The van der Waals surface area contributed by atoms with Gasteiger partial charge < -0.3 is 9.64 Å². The first-order valence-electron chi connectivity index (χ1n) is 7.13. The number of ether oxygens (including phenoxy) is 1. The van der Waals surface area contributed by atoms with Crippen LogP contribution in [0.5, 0.6) is 0 Å². The zero-order valence-electron chi connectivity index (χ0n) is 12.1. The monoisotopic (exact) mass is 289 g/mol. The van der Waals surface area contributed by atoms with Crippen LogP contribution in [0.25, 0.3) is 0 Å². The van der Waals surface area contributed by atoms with Gasteiger partial charge in [0, 0.05) is 19.5 Å². The van der Waals surface area contributed by atoms with Crippen molar-refractivity contribution in [3.8, 4) is 0 Å². The zero-order valence-corrected chi connectivity index (χ0v) is 12.1. The normalized spacial score (nSPS) is 18.4. The molecule has 1 atom stereocenters. The van der Waals surface area contributed by atoms with Crippen molar-refractivity contribution >= 4 is 17.7 Å². The second-order valence-electron chi connectivity index (χ2n) is 5.02. The highest BCUT2D eigenvalue weighted by molar-refractivity contribution is 6.00. The molecule has 1 unspecified atom stereocenters. The second-order valence-corrected chi connectivity index (χ2v) is 5.02. The molecule has 0 spiro atoms. The summed E-state index contributed by atoms with van der Waals surface area (Å²) >= 11 is 0. The predicted octanol–water partition coefficient (Wildman–Crippen LogP) is 1.21. The van der Waals surface area contributed by atoms with Crippen molar-refractivity contribution in [2.24, 2.45) is 5.92 Å². The van der Waals surface area contributed by atoms with E-state index in [2.05, 4.69) is 0 Å². The minimum Gasteiger partial charge on any atom is -0.465 e.